The van der Waals surface area contributed by atoms with Crippen molar-refractivity contribution in [3.8, 4) is 5.75 Å². The Balaban J connectivity index is 1.70. The lowest BCUT2D eigenvalue weighted by Gasteiger charge is -2.20. The molecule has 150 valence electrons. The number of nitrogens with zero attached hydrogens (tertiary/aromatic N) is 3. The maximum absolute atomic E-state index is 12.6. The first-order valence-electron chi connectivity index (χ1n) is 9.74. The summed E-state index contributed by atoms with van der Waals surface area (Å²) in [6.45, 7) is 7.42. The van der Waals surface area contributed by atoms with E-state index in [2.05, 4.69) is 39.2 Å². The number of hydrogen-bond donors (Lipinski definition) is 1. The van der Waals surface area contributed by atoms with Gasteiger partial charge in [0.1, 0.15) is 5.75 Å². The Labute approximate surface area is 171 Å². The third-order valence-corrected chi connectivity index (χ3v) is 4.28. The zero-order valence-electron chi connectivity index (χ0n) is 17.0. The van der Waals surface area contributed by atoms with Crippen LogP contribution in [-0.2, 0) is 6.54 Å². The minimum atomic E-state index is -0.275. The van der Waals surface area contributed by atoms with Gasteiger partial charge in [-0.3, -0.25) is 4.79 Å². The molecular weight excluding hydrogens is 364 g/mol. The summed E-state index contributed by atoms with van der Waals surface area (Å²) in [5.74, 6) is 0.951. The molecule has 0 aliphatic heterocycles. The molecular formula is C23H26N4O2. The number of anilines is 2. The van der Waals surface area contributed by atoms with Gasteiger partial charge in [-0.15, -0.1) is 0 Å². The zero-order valence-corrected chi connectivity index (χ0v) is 17.0. The van der Waals surface area contributed by atoms with Crippen molar-refractivity contribution in [1.82, 2.24) is 9.97 Å². The third kappa shape index (κ3) is 5.54. The first-order chi connectivity index (χ1) is 14.1. The van der Waals surface area contributed by atoms with Crippen molar-refractivity contribution < 1.29 is 9.53 Å². The molecule has 3 rings (SSSR count). The van der Waals surface area contributed by atoms with Crippen LogP contribution >= 0.6 is 0 Å². The number of amides is 1. The number of nitrogens with one attached hydrogen (secondary N) is 1. The standard InChI is InChI=1S/C23H26N4O2/c1-4-27(16-18-10-6-5-7-11-18)23-24-14-19(15-25-23)22(28)26-20-12-8-9-13-21(20)29-17(2)3/h5-15,17H,4,16H2,1-3H3,(H,26,28). The summed E-state index contributed by atoms with van der Waals surface area (Å²) in [6, 6.07) is 17.5. The van der Waals surface area contributed by atoms with Gasteiger partial charge in [0, 0.05) is 25.5 Å². The van der Waals surface area contributed by atoms with Crippen molar-refractivity contribution in [3.63, 3.8) is 0 Å². The van der Waals surface area contributed by atoms with Crippen LogP contribution in [0.1, 0.15) is 36.7 Å². The molecule has 0 saturated heterocycles. The summed E-state index contributed by atoms with van der Waals surface area (Å²) in [4.78, 5) is 23.5. The van der Waals surface area contributed by atoms with E-state index in [9.17, 15) is 4.79 Å². The van der Waals surface area contributed by atoms with Crippen molar-refractivity contribution in [1.29, 1.82) is 0 Å². The quantitative estimate of drug-likeness (QED) is 0.611. The van der Waals surface area contributed by atoms with Gasteiger partial charge in [-0.25, -0.2) is 9.97 Å². The summed E-state index contributed by atoms with van der Waals surface area (Å²) in [5, 5.41) is 2.88. The molecule has 1 N–H and O–H groups in total. The number of carbonyl (C=O) groups excluding carboxylic acids is 1. The second kappa shape index (κ2) is 9.68. The van der Waals surface area contributed by atoms with E-state index in [1.807, 2.05) is 56.3 Å². The number of hydrogen-bond acceptors (Lipinski definition) is 5. The van der Waals surface area contributed by atoms with Gasteiger partial charge in [-0.05, 0) is 38.5 Å². The number of benzene rings is 2. The molecule has 0 bridgehead atoms. The number of ether oxygens (including phenoxy) is 1. The van der Waals surface area contributed by atoms with Gasteiger partial charge in [0.25, 0.3) is 5.91 Å². The lowest BCUT2D eigenvalue weighted by Crippen LogP contribution is -2.24. The predicted molar refractivity (Wildman–Crippen MR) is 115 cm³/mol. The third-order valence-electron chi connectivity index (χ3n) is 4.28. The van der Waals surface area contributed by atoms with Gasteiger partial charge >= 0.3 is 0 Å². The molecule has 6 heteroatoms. The SMILES string of the molecule is CCN(Cc1ccccc1)c1ncc(C(=O)Nc2ccccc2OC(C)C)cn1. The normalized spacial score (nSPS) is 10.6. The van der Waals surface area contributed by atoms with E-state index in [1.165, 1.54) is 5.56 Å². The lowest BCUT2D eigenvalue weighted by molar-refractivity contribution is 0.102. The Hall–Kier alpha value is -3.41. The number of para-hydroxylation sites is 2. The van der Waals surface area contributed by atoms with Gasteiger partial charge < -0.3 is 15.0 Å². The Kier molecular flexibility index (Phi) is 6.79. The maximum atomic E-state index is 12.6. The highest BCUT2D eigenvalue weighted by Crippen LogP contribution is 2.25. The molecule has 0 fully saturated rings. The van der Waals surface area contributed by atoms with Gasteiger partial charge in [-0.1, -0.05) is 42.5 Å². The molecule has 6 nitrogen and oxygen atoms in total. The van der Waals surface area contributed by atoms with Gasteiger partial charge in [0.05, 0.1) is 17.4 Å². The van der Waals surface area contributed by atoms with Crippen LogP contribution in [0.4, 0.5) is 11.6 Å². The first kappa shape index (κ1) is 20.3. The van der Waals surface area contributed by atoms with E-state index < -0.39 is 0 Å². The molecule has 0 unspecified atom stereocenters. The molecule has 0 aliphatic rings. The van der Waals surface area contributed by atoms with Crippen molar-refractivity contribution in [2.45, 2.75) is 33.4 Å². The molecule has 1 aromatic heterocycles. The summed E-state index contributed by atoms with van der Waals surface area (Å²) in [5.41, 5.74) is 2.19. The van der Waals surface area contributed by atoms with Crippen molar-refractivity contribution in [3.05, 3.63) is 78.1 Å². The first-order valence-corrected chi connectivity index (χ1v) is 9.74. The molecule has 29 heavy (non-hydrogen) atoms. The molecule has 3 aromatic rings. The fraction of sp³-hybridized carbons (Fsp3) is 0.261. The van der Waals surface area contributed by atoms with Crippen LogP contribution in [0.15, 0.2) is 67.0 Å². The molecule has 0 aliphatic carbocycles. The number of carbonyl (C=O) groups is 1. The van der Waals surface area contributed by atoms with E-state index >= 15 is 0 Å². The highest BCUT2D eigenvalue weighted by Gasteiger charge is 2.13. The highest BCUT2D eigenvalue weighted by molar-refractivity contribution is 6.04. The Morgan fingerprint density at radius 2 is 1.69 bits per heavy atom. The van der Waals surface area contributed by atoms with Crippen LogP contribution in [0.2, 0.25) is 0 Å². The summed E-state index contributed by atoms with van der Waals surface area (Å²) < 4.78 is 5.75. The Morgan fingerprint density at radius 3 is 2.34 bits per heavy atom. The van der Waals surface area contributed by atoms with Gasteiger partial charge in [-0.2, -0.15) is 0 Å². The number of rotatable bonds is 8. The number of aromatic nitrogens is 2. The van der Waals surface area contributed by atoms with Crippen LogP contribution in [0, 0.1) is 0 Å². The van der Waals surface area contributed by atoms with E-state index in [0.29, 0.717) is 29.5 Å². The second-order valence-corrected chi connectivity index (χ2v) is 6.89. The van der Waals surface area contributed by atoms with Crippen LogP contribution in [0.25, 0.3) is 0 Å². The fourth-order valence-corrected chi connectivity index (χ4v) is 2.85. The van der Waals surface area contributed by atoms with Crippen LogP contribution in [0.3, 0.4) is 0 Å². The van der Waals surface area contributed by atoms with Crippen LogP contribution in [-0.4, -0.2) is 28.5 Å². The van der Waals surface area contributed by atoms with E-state index in [-0.39, 0.29) is 12.0 Å². The van der Waals surface area contributed by atoms with Crippen molar-refractivity contribution in [2.75, 3.05) is 16.8 Å². The van der Waals surface area contributed by atoms with Crippen LogP contribution < -0.4 is 15.0 Å². The smallest absolute Gasteiger partial charge is 0.258 e. The zero-order chi connectivity index (χ0) is 20.6. The van der Waals surface area contributed by atoms with Gasteiger partial charge in [0.2, 0.25) is 5.95 Å². The molecule has 0 spiro atoms. The summed E-state index contributed by atoms with van der Waals surface area (Å²) >= 11 is 0. The van der Waals surface area contributed by atoms with E-state index in [4.69, 9.17) is 4.74 Å². The van der Waals surface area contributed by atoms with E-state index in [0.717, 1.165) is 6.54 Å². The highest BCUT2D eigenvalue weighted by atomic mass is 16.5. The average Bonchev–Trinajstić information content (AvgIpc) is 2.74. The lowest BCUT2D eigenvalue weighted by atomic mass is 10.2. The average molecular weight is 390 g/mol. The molecule has 1 amide bonds. The Morgan fingerprint density at radius 1 is 1.03 bits per heavy atom. The minimum absolute atomic E-state index is 0.0142. The molecule has 1 heterocycles. The molecule has 0 atom stereocenters. The molecule has 0 radical (unpaired) electrons. The van der Waals surface area contributed by atoms with E-state index in [1.54, 1.807) is 12.4 Å². The summed E-state index contributed by atoms with van der Waals surface area (Å²) in [7, 11) is 0. The van der Waals surface area contributed by atoms with Crippen molar-refractivity contribution >= 4 is 17.5 Å². The van der Waals surface area contributed by atoms with Gasteiger partial charge in [0.15, 0.2) is 0 Å². The summed E-state index contributed by atoms with van der Waals surface area (Å²) in [6.07, 6.45) is 3.12. The minimum Gasteiger partial charge on any atom is -0.489 e. The molecule has 0 saturated carbocycles. The predicted octanol–water partition coefficient (Wildman–Crippen LogP) is 4.54. The second-order valence-electron chi connectivity index (χ2n) is 6.89. The van der Waals surface area contributed by atoms with Crippen LogP contribution in [0.5, 0.6) is 5.75 Å². The maximum Gasteiger partial charge on any atom is 0.258 e. The molecule has 2 aromatic carbocycles. The Bertz CT molecular complexity index is 927. The fourth-order valence-electron chi connectivity index (χ4n) is 2.85. The topological polar surface area (TPSA) is 67.4 Å². The largest absolute Gasteiger partial charge is 0.489 e. The van der Waals surface area contributed by atoms with Crippen molar-refractivity contribution in [2.24, 2.45) is 0 Å². The monoisotopic (exact) mass is 390 g/mol.